The van der Waals surface area contributed by atoms with Gasteiger partial charge in [-0.2, -0.15) is 0 Å². The van der Waals surface area contributed by atoms with Gasteiger partial charge < -0.3 is 10.3 Å². The number of likely N-dealkylation sites (N-methyl/N-ethyl adjacent to an activating group) is 1. The molecule has 0 amide bonds. The second-order valence-electron chi connectivity index (χ2n) is 5.01. The van der Waals surface area contributed by atoms with E-state index in [2.05, 4.69) is 50.6 Å². The average Bonchev–Trinajstić information content (AvgIpc) is 2.63. The number of nitrogens with two attached hydrogens (primary N) is 1. The zero-order valence-electron chi connectivity index (χ0n) is 10.6. The topological polar surface area (TPSA) is 34.2 Å². The van der Waals surface area contributed by atoms with Gasteiger partial charge in [-0.05, 0) is 43.8 Å². The van der Waals surface area contributed by atoms with Crippen LogP contribution in [0.2, 0.25) is 0 Å². The van der Waals surface area contributed by atoms with Crippen molar-refractivity contribution in [1.82, 2.24) is 9.47 Å². The fraction of sp³-hybridized carbons (Fsp3) is 0.429. The minimum atomic E-state index is 0.711. The lowest BCUT2D eigenvalue weighted by Gasteiger charge is -2.26. The van der Waals surface area contributed by atoms with Crippen LogP contribution in [0.25, 0.3) is 10.9 Å². The Bertz CT molecular complexity index is 588. The van der Waals surface area contributed by atoms with E-state index in [1.807, 2.05) is 0 Å². The Morgan fingerprint density at radius 3 is 2.94 bits per heavy atom. The first-order valence-corrected chi connectivity index (χ1v) is 7.18. The maximum atomic E-state index is 5.78. The van der Waals surface area contributed by atoms with Crippen LogP contribution in [0, 0.1) is 0 Å². The van der Waals surface area contributed by atoms with Crippen LogP contribution in [0.15, 0.2) is 22.7 Å². The van der Waals surface area contributed by atoms with Gasteiger partial charge >= 0.3 is 0 Å². The van der Waals surface area contributed by atoms with Crippen molar-refractivity contribution in [2.45, 2.75) is 19.5 Å². The summed E-state index contributed by atoms with van der Waals surface area (Å²) >= 11 is 3.57. The molecule has 0 atom stereocenters. The zero-order valence-corrected chi connectivity index (χ0v) is 12.2. The molecular formula is C14H18BrN3. The molecule has 3 nitrogen and oxygen atoms in total. The molecule has 18 heavy (non-hydrogen) atoms. The molecule has 0 saturated heterocycles. The van der Waals surface area contributed by atoms with E-state index in [1.165, 1.54) is 22.2 Å². The maximum Gasteiger partial charge on any atom is 0.0487 e. The molecule has 0 saturated carbocycles. The van der Waals surface area contributed by atoms with Gasteiger partial charge in [0.05, 0.1) is 0 Å². The van der Waals surface area contributed by atoms with Crippen molar-refractivity contribution in [2.24, 2.45) is 5.73 Å². The molecule has 0 aliphatic carbocycles. The van der Waals surface area contributed by atoms with Crippen LogP contribution in [-0.2, 0) is 19.5 Å². The molecule has 1 aromatic heterocycles. The number of rotatable bonds is 2. The van der Waals surface area contributed by atoms with E-state index in [9.17, 15) is 0 Å². The van der Waals surface area contributed by atoms with E-state index in [0.29, 0.717) is 6.54 Å². The summed E-state index contributed by atoms with van der Waals surface area (Å²) in [6, 6.07) is 6.57. The third kappa shape index (κ3) is 1.88. The number of nitrogens with zero attached hydrogens (tertiary/aromatic N) is 2. The van der Waals surface area contributed by atoms with E-state index < -0.39 is 0 Å². The molecule has 2 N–H and O–H groups in total. The fourth-order valence-electron chi connectivity index (χ4n) is 2.91. The first-order valence-electron chi connectivity index (χ1n) is 6.39. The monoisotopic (exact) mass is 307 g/mol. The summed E-state index contributed by atoms with van der Waals surface area (Å²) in [5.74, 6) is 0. The van der Waals surface area contributed by atoms with Crippen molar-refractivity contribution in [3.63, 3.8) is 0 Å². The van der Waals surface area contributed by atoms with Crippen molar-refractivity contribution in [1.29, 1.82) is 0 Å². The van der Waals surface area contributed by atoms with Crippen LogP contribution < -0.4 is 5.73 Å². The molecular weight excluding hydrogens is 290 g/mol. The summed E-state index contributed by atoms with van der Waals surface area (Å²) in [4.78, 5) is 2.38. The van der Waals surface area contributed by atoms with Gasteiger partial charge in [0, 0.05) is 40.7 Å². The minimum absolute atomic E-state index is 0.711. The first kappa shape index (κ1) is 12.2. The summed E-state index contributed by atoms with van der Waals surface area (Å²) in [6.45, 7) is 3.94. The predicted octanol–water partition coefficient (Wildman–Crippen LogP) is 2.35. The predicted molar refractivity (Wildman–Crippen MR) is 78.7 cm³/mol. The number of fused-ring (bicyclic) bond motifs is 3. The smallest absolute Gasteiger partial charge is 0.0487 e. The molecule has 1 aliphatic heterocycles. The minimum Gasteiger partial charge on any atom is -0.342 e. The Morgan fingerprint density at radius 2 is 2.17 bits per heavy atom. The molecule has 1 aliphatic rings. The summed E-state index contributed by atoms with van der Waals surface area (Å²) in [5, 5.41) is 1.36. The second-order valence-corrected chi connectivity index (χ2v) is 5.93. The first-order chi connectivity index (χ1) is 8.70. The van der Waals surface area contributed by atoms with Gasteiger partial charge in [-0.15, -0.1) is 0 Å². The molecule has 2 heterocycles. The van der Waals surface area contributed by atoms with Gasteiger partial charge in [-0.1, -0.05) is 15.9 Å². The molecule has 0 bridgehead atoms. The second kappa shape index (κ2) is 4.68. The summed E-state index contributed by atoms with van der Waals surface area (Å²) < 4.78 is 3.61. The van der Waals surface area contributed by atoms with Crippen molar-refractivity contribution in [3.05, 3.63) is 33.9 Å². The van der Waals surface area contributed by atoms with Crippen LogP contribution in [0.5, 0.6) is 0 Å². The largest absolute Gasteiger partial charge is 0.342 e. The fourth-order valence-corrected chi connectivity index (χ4v) is 3.28. The van der Waals surface area contributed by atoms with Crippen LogP contribution in [-0.4, -0.2) is 29.6 Å². The van der Waals surface area contributed by atoms with Crippen molar-refractivity contribution < 1.29 is 0 Å². The maximum absolute atomic E-state index is 5.78. The quantitative estimate of drug-likeness (QED) is 0.924. The lowest BCUT2D eigenvalue weighted by Crippen LogP contribution is -2.30. The third-order valence-electron chi connectivity index (χ3n) is 3.77. The highest BCUT2D eigenvalue weighted by Gasteiger charge is 2.21. The van der Waals surface area contributed by atoms with Crippen LogP contribution in [0.4, 0.5) is 0 Å². The lowest BCUT2D eigenvalue weighted by molar-refractivity contribution is 0.271. The van der Waals surface area contributed by atoms with E-state index in [0.717, 1.165) is 30.5 Å². The number of hydrogen-bond donors (Lipinski definition) is 1. The Labute approximate surface area is 116 Å². The zero-order chi connectivity index (χ0) is 12.7. The van der Waals surface area contributed by atoms with Crippen molar-refractivity contribution >= 4 is 26.8 Å². The van der Waals surface area contributed by atoms with E-state index >= 15 is 0 Å². The molecule has 0 fully saturated rings. The van der Waals surface area contributed by atoms with E-state index in [-0.39, 0.29) is 0 Å². The number of halogens is 1. The van der Waals surface area contributed by atoms with E-state index in [4.69, 9.17) is 5.73 Å². The molecule has 0 unspecified atom stereocenters. The molecule has 4 heteroatoms. The average molecular weight is 308 g/mol. The Kier molecular flexibility index (Phi) is 3.18. The highest BCUT2D eigenvalue weighted by Crippen LogP contribution is 2.31. The number of aromatic nitrogens is 1. The van der Waals surface area contributed by atoms with Crippen LogP contribution in [0.1, 0.15) is 11.3 Å². The van der Waals surface area contributed by atoms with Crippen LogP contribution in [0.3, 0.4) is 0 Å². The Morgan fingerprint density at radius 1 is 1.33 bits per heavy atom. The van der Waals surface area contributed by atoms with Crippen molar-refractivity contribution in [3.8, 4) is 0 Å². The standard InChI is InChI=1S/C14H18BrN3/c1-17-6-7-18-13-3-2-10(15)8-12(13)11(4-5-16)14(18)9-17/h2-3,8H,4-7,9,16H2,1H3. The van der Waals surface area contributed by atoms with Gasteiger partial charge in [0.1, 0.15) is 0 Å². The lowest BCUT2D eigenvalue weighted by atomic mass is 10.1. The molecule has 0 radical (unpaired) electrons. The van der Waals surface area contributed by atoms with Gasteiger partial charge in [-0.25, -0.2) is 0 Å². The van der Waals surface area contributed by atoms with Gasteiger partial charge in [0.15, 0.2) is 0 Å². The Balaban J connectivity index is 2.26. The third-order valence-corrected chi connectivity index (χ3v) is 4.26. The SMILES string of the molecule is CN1CCn2c(c(CCN)c3cc(Br)ccc32)C1. The Hall–Kier alpha value is -0.840. The molecule has 0 spiro atoms. The molecule has 1 aromatic carbocycles. The summed E-state index contributed by atoms with van der Waals surface area (Å²) in [5.41, 5.74) is 10.0. The van der Waals surface area contributed by atoms with Crippen molar-refractivity contribution in [2.75, 3.05) is 20.1 Å². The van der Waals surface area contributed by atoms with E-state index in [1.54, 1.807) is 0 Å². The van der Waals surface area contributed by atoms with Gasteiger partial charge in [0.2, 0.25) is 0 Å². The molecule has 2 aromatic rings. The highest BCUT2D eigenvalue weighted by molar-refractivity contribution is 9.10. The summed E-state index contributed by atoms with van der Waals surface area (Å²) in [6.07, 6.45) is 0.961. The normalized spacial score (nSPS) is 16.2. The summed E-state index contributed by atoms with van der Waals surface area (Å²) in [7, 11) is 2.18. The number of benzene rings is 1. The van der Waals surface area contributed by atoms with Crippen LogP contribution >= 0.6 is 15.9 Å². The highest BCUT2D eigenvalue weighted by atomic mass is 79.9. The van der Waals surface area contributed by atoms with Gasteiger partial charge in [-0.3, -0.25) is 4.90 Å². The van der Waals surface area contributed by atoms with Gasteiger partial charge in [0.25, 0.3) is 0 Å². The molecule has 96 valence electrons. The number of hydrogen-bond acceptors (Lipinski definition) is 2. The molecule has 3 rings (SSSR count).